The number of allylic oxidation sites excluding steroid dienone is 2. The second kappa shape index (κ2) is 5.13. The number of nitrogens with one attached hydrogen (secondary N) is 1. The van der Waals surface area contributed by atoms with Crippen LogP contribution in [0.15, 0.2) is 48.6 Å². The molecule has 0 fully saturated rings. The third-order valence-corrected chi connectivity index (χ3v) is 5.21. The minimum atomic E-state index is -0.185. The number of fused-ring (bicyclic) bond motifs is 3. The zero-order chi connectivity index (χ0) is 15.3. The van der Waals surface area contributed by atoms with E-state index >= 15 is 0 Å². The Kier molecular flexibility index (Phi) is 3.23. The Morgan fingerprint density at radius 3 is 2.91 bits per heavy atom. The number of hydrogen-bond acceptors (Lipinski definition) is 1. The van der Waals surface area contributed by atoms with Crippen LogP contribution in [-0.4, -0.2) is 0 Å². The maximum Gasteiger partial charge on any atom is 0.123 e. The largest absolute Gasteiger partial charge is 0.377 e. The average molecular weight is 314 g/mol. The van der Waals surface area contributed by atoms with E-state index in [4.69, 9.17) is 11.6 Å². The molecule has 1 nitrogen and oxygen atoms in total. The molecule has 0 radical (unpaired) electrons. The van der Waals surface area contributed by atoms with Crippen molar-refractivity contribution in [3.63, 3.8) is 0 Å². The lowest BCUT2D eigenvalue weighted by molar-refractivity contribution is 0.424. The van der Waals surface area contributed by atoms with E-state index < -0.39 is 0 Å². The van der Waals surface area contributed by atoms with Crippen LogP contribution in [0.5, 0.6) is 0 Å². The van der Waals surface area contributed by atoms with Crippen LogP contribution in [0.2, 0.25) is 5.02 Å². The van der Waals surface area contributed by atoms with Gasteiger partial charge in [-0.25, -0.2) is 4.39 Å². The van der Waals surface area contributed by atoms with Crippen LogP contribution >= 0.6 is 11.6 Å². The zero-order valence-corrected chi connectivity index (χ0v) is 13.1. The summed E-state index contributed by atoms with van der Waals surface area (Å²) in [6, 6.07) is 11.0. The topological polar surface area (TPSA) is 12.0 Å². The predicted octanol–water partition coefficient (Wildman–Crippen LogP) is 5.61. The van der Waals surface area contributed by atoms with Gasteiger partial charge in [-0.3, -0.25) is 0 Å². The van der Waals surface area contributed by atoms with Crippen LogP contribution in [0.3, 0.4) is 0 Å². The van der Waals surface area contributed by atoms with E-state index in [1.807, 2.05) is 18.2 Å². The first-order valence-electron chi connectivity index (χ1n) is 7.63. The van der Waals surface area contributed by atoms with Crippen molar-refractivity contribution in [3.8, 4) is 0 Å². The van der Waals surface area contributed by atoms with Crippen molar-refractivity contribution in [2.24, 2.45) is 5.92 Å². The van der Waals surface area contributed by atoms with Gasteiger partial charge in [-0.2, -0.15) is 0 Å². The standard InChI is InChI=1S/C19H17ClFN/c1-11-8-9-16(20)17-14-6-3-7-15(14)19(22-18(11)17)12-4-2-5-13(21)10-12/h2-6,8-10,14-15,19,22H,7H2,1H3/t14-,15+,19-/m1/s1. The van der Waals surface area contributed by atoms with Crippen LogP contribution < -0.4 is 5.32 Å². The van der Waals surface area contributed by atoms with Crippen molar-refractivity contribution in [1.82, 2.24) is 0 Å². The molecule has 1 heterocycles. The van der Waals surface area contributed by atoms with Gasteiger partial charge in [-0.15, -0.1) is 0 Å². The molecule has 0 saturated carbocycles. The normalized spacial score (nSPS) is 25.5. The van der Waals surface area contributed by atoms with Crippen LogP contribution in [0, 0.1) is 18.7 Å². The fourth-order valence-corrected chi connectivity index (χ4v) is 4.12. The number of halogens is 2. The molecule has 1 aliphatic carbocycles. The molecule has 3 atom stereocenters. The fraction of sp³-hybridized carbons (Fsp3) is 0.263. The molecule has 3 heteroatoms. The number of hydrogen-bond donors (Lipinski definition) is 1. The Morgan fingerprint density at radius 2 is 2.09 bits per heavy atom. The molecule has 2 aromatic carbocycles. The monoisotopic (exact) mass is 313 g/mol. The summed E-state index contributed by atoms with van der Waals surface area (Å²) in [5.74, 6) is 0.501. The molecule has 0 amide bonds. The number of anilines is 1. The lowest BCUT2D eigenvalue weighted by Crippen LogP contribution is -2.29. The summed E-state index contributed by atoms with van der Waals surface area (Å²) in [5, 5.41) is 4.44. The Bertz CT molecular complexity index is 768. The third kappa shape index (κ3) is 2.05. The molecular weight excluding hydrogens is 297 g/mol. The van der Waals surface area contributed by atoms with E-state index in [1.54, 1.807) is 12.1 Å². The number of rotatable bonds is 1. The second-order valence-electron chi connectivity index (χ2n) is 6.18. The summed E-state index contributed by atoms with van der Waals surface area (Å²) >= 11 is 6.47. The van der Waals surface area contributed by atoms with Gasteiger partial charge in [0.15, 0.2) is 0 Å². The molecule has 0 spiro atoms. The second-order valence-corrected chi connectivity index (χ2v) is 6.59. The van der Waals surface area contributed by atoms with E-state index in [0.29, 0.717) is 11.8 Å². The van der Waals surface area contributed by atoms with Crippen molar-refractivity contribution in [2.75, 3.05) is 5.32 Å². The first-order chi connectivity index (χ1) is 10.6. The summed E-state index contributed by atoms with van der Waals surface area (Å²) in [5.41, 5.74) is 4.48. The summed E-state index contributed by atoms with van der Waals surface area (Å²) in [6.45, 7) is 2.09. The first kappa shape index (κ1) is 13.8. The van der Waals surface area contributed by atoms with Gasteiger partial charge >= 0.3 is 0 Å². The van der Waals surface area contributed by atoms with Crippen LogP contribution in [-0.2, 0) is 0 Å². The zero-order valence-electron chi connectivity index (χ0n) is 12.3. The summed E-state index contributed by atoms with van der Waals surface area (Å²) < 4.78 is 13.6. The maximum atomic E-state index is 13.6. The molecular formula is C19H17ClFN. The Morgan fingerprint density at radius 1 is 1.23 bits per heavy atom. The van der Waals surface area contributed by atoms with Crippen LogP contribution in [0.4, 0.5) is 10.1 Å². The highest BCUT2D eigenvalue weighted by Crippen LogP contribution is 2.52. The highest BCUT2D eigenvalue weighted by Gasteiger charge is 2.39. The minimum absolute atomic E-state index is 0.111. The van der Waals surface area contributed by atoms with Crippen molar-refractivity contribution in [2.45, 2.75) is 25.3 Å². The van der Waals surface area contributed by atoms with Gasteiger partial charge in [0.2, 0.25) is 0 Å². The molecule has 22 heavy (non-hydrogen) atoms. The SMILES string of the molecule is Cc1ccc(Cl)c2c1N[C@H](c1cccc(F)c1)[C@H]1CC=C[C@@H]21. The quantitative estimate of drug-likeness (QED) is 0.674. The van der Waals surface area contributed by atoms with Gasteiger partial charge < -0.3 is 5.32 Å². The lowest BCUT2D eigenvalue weighted by atomic mass is 9.76. The molecule has 2 aliphatic rings. The van der Waals surface area contributed by atoms with Crippen LogP contribution in [0.25, 0.3) is 0 Å². The Hall–Kier alpha value is -1.80. The van der Waals surface area contributed by atoms with Crippen molar-refractivity contribution in [1.29, 1.82) is 0 Å². The number of benzene rings is 2. The molecule has 2 aromatic rings. The van der Waals surface area contributed by atoms with E-state index in [9.17, 15) is 4.39 Å². The minimum Gasteiger partial charge on any atom is -0.377 e. The molecule has 4 rings (SSSR count). The van der Waals surface area contributed by atoms with E-state index in [0.717, 1.165) is 22.7 Å². The highest BCUT2D eigenvalue weighted by atomic mass is 35.5. The average Bonchev–Trinajstić information content (AvgIpc) is 2.99. The van der Waals surface area contributed by atoms with Gasteiger partial charge in [0.1, 0.15) is 5.82 Å². The van der Waals surface area contributed by atoms with E-state index in [-0.39, 0.29) is 11.9 Å². The predicted molar refractivity (Wildman–Crippen MR) is 88.9 cm³/mol. The molecule has 0 saturated heterocycles. The van der Waals surface area contributed by atoms with E-state index in [2.05, 4.69) is 24.4 Å². The smallest absolute Gasteiger partial charge is 0.123 e. The molecule has 0 bridgehead atoms. The summed E-state index contributed by atoms with van der Waals surface area (Å²) in [6.07, 6.45) is 5.46. The molecule has 1 N–H and O–H groups in total. The van der Waals surface area contributed by atoms with Crippen molar-refractivity contribution >= 4 is 17.3 Å². The molecule has 0 aromatic heterocycles. The van der Waals surface area contributed by atoms with Crippen molar-refractivity contribution in [3.05, 3.63) is 76.1 Å². The van der Waals surface area contributed by atoms with E-state index in [1.165, 1.54) is 17.2 Å². The summed E-state index contributed by atoms with van der Waals surface area (Å²) in [4.78, 5) is 0. The number of aryl methyl sites for hydroxylation is 1. The van der Waals surface area contributed by atoms with Gasteiger partial charge in [0.05, 0.1) is 6.04 Å². The van der Waals surface area contributed by atoms with Crippen molar-refractivity contribution < 1.29 is 4.39 Å². The maximum absolute atomic E-state index is 13.6. The highest BCUT2D eigenvalue weighted by molar-refractivity contribution is 6.32. The fourth-order valence-electron chi connectivity index (χ4n) is 3.84. The van der Waals surface area contributed by atoms with Gasteiger partial charge in [0, 0.05) is 22.2 Å². The molecule has 112 valence electrons. The Labute approximate surface area is 134 Å². The lowest BCUT2D eigenvalue weighted by Gasteiger charge is -2.38. The van der Waals surface area contributed by atoms with Gasteiger partial charge in [-0.05, 0) is 48.6 Å². The first-order valence-corrected chi connectivity index (χ1v) is 8.00. The Balaban J connectivity index is 1.86. The van der Waals surface area contributed by atoms with Crippen LogP contribution in [0.1, 0.15) is 35.1 Å². The van der Waals surface area contributed by atoms with Gasteiger partial charge in [-0.1, -0.05) is 42.0 Å². The third-order valence-electron chi connectivity index (χ3n) is 4.88. The summed E-state index contributed by atoms with van der Waals surface area (Å²) in [7, 11) is 0. The molecule has 1 aliphatic heterocycles. The van der Waals surface area contributed by atoms with Gasteiger partial charge in [0.25, 0.3) is 0 Å². The molecule has 0 unspecified atom stereocenters.